The van der Waals surface area contributed by atoms with Gasteiger partial charge >= 0.3 is 0 Å². The van der Waals surface area contributed by atoms with Crippen molar-refractivity contribution in [3.05, 3.63) is 60.7 Å². The average Bonchev–Trinajstić information content (AvgIpc) is 3.22. The number of hydrogen-bond donors (Lipinski definition) is 1. The molecule has 1 aliphatic carbocycles. The maximum Gasteiger partial charge on any atom is 0.261 e. The van der Waals surface area contributed by atoms with Crippen LogP contribution in [0, 0.1) is 11.8 Å². The monoisotopic (exact) mass is 396 g/mol. The highest BCUT2D eigenvalue weighted by atomic mass is 28.4. The molecule has 28 heavy (non-hydrogen) atoms. The number of aliphatic hydroxyl groups excluding tert-OH is 1. The van der Waals surface area contributed by atoms with Crippen molar-refractivity contribution in [1.29, 1.82) is 0 Å². The molecule has 4 rings (SSSR count). The molecular weight excluding hydrogens is 364 g/mol. The van der Waals surface area contributed by atoms with E-state index in [9.17, 15) is 5.11 Å². The second kappa shape index (κ2) is 7.75. The van der Waals surface area contributed by atoms with Gasteiger partial charge in [0.25, 0.3) is 8.32 Å². The van der Waals surface area contributed by atoms with Gasteiger partial charge in [-0.1, -0.05) is 81.4 Å². The molecule has 2 fully saturated rings. The number of aliphatic hydroxyl groups is 1. The van der Waals surface area contributed by atoms with Crippen LogP contribution < -0.4 is 10.4 Å². The zero-order valence-electron chi connectivity index (χ0n) is 17.2. The summed E-state index contributed by atoms with van der Waals surface area (Å²) in [6.45, 7) is 7.70. The molecule has 1 saturated carbocycles. The summed E-state index contributed by atoms with van der Waals surface area (Å²) in [6.07, 6.45) is 2.53. The molecule has 0 radical (unpaired) electrons. The summed E-state index contributed by atoms with van der Waals surface area (Å²) in [4.78, 5) is 0. The lowest BCUT2D eigenvalue weighted by atomic mass is 9.94. The van der Waals surface area contributed by atoms with Crippen LogP contribution in [0.5, 0.6) is 0 Å². The molecule has 1 aliphatic heterocycles. The maximum atomic E-state index is 9.91. The number of hydrogen-bond acceptors (Lipinski definition) is 3. The van der Waals surface area contributed by atoms with Crippen LogP contribution in [0.25, 0.3) is 0 Å². The van der Waals surface area contributed by atoms with Gasteiger partial charge in [0, 0.05) is 13.0 Å². The fourth-order valence-electron chi connectivity index (χ4n) is 5.31. The molecule has 4 heteroatoms. The molecule has 1 unspecified atom stereocenters. The van der Waals surface area contributed by atoms with E-state index in [0.29, 0.717) is 11.8 Å². The number of benzene rings is 2. The fourth-order valence-corrected chi connectivity index (χ4v) is 9.93. The molecule has 1 heterocycles. The van der Waals surface area contributed by atoms with Crippen LogP contribution in [0.15, 0.2) is 60.7 Å². The Morgan fingerprint density at radius 3 is 2.07 bits per heavy atom. The van der Waals surface area contributed by atoms with Gasteiger partial charge in [0.2, 0.25) is 0 Å². The average molecular weight is 397 g/mol. The van der Waals surface area contributed by atoms with Gasteiger partial charge < -0.3 is 14.3 Å². The first-order chi connectivity index (χ1) is 13.4. The van der Waals surface area contributed by atoms with Crippen molar-refractivity contribution in [2.75, 3.05) is 6.61 Å². The van der Waals surface area contributed by atoms with Gasteiger partial charge in [0.1, 0.15) is 0 Å². The Hall–Kier alpha value is -1.46. The van der Waals surface area contributed by atoms with Crippen molar-refractivity contribution in [1.82, 2.24) is 0 Å². The minimum absolute atomic E-state index is 0.000593. The second-order valence-corrected chi connectivity index (χ2v) is 13.6. The van der Waals surface area contributed by atoms with E-state index in [0.717, 1.165) is 25.9 Å². The fraction of sp³-hybridized carbons (Fsp3) is 0.500. The van der Waals surface area contributed by atoms with E-state index in [2.05, 4.69) is 81.4 Å². The quantitative estimate of drug-likeness (QED) is 0.784. The molecule has 0 spiro atoms. The summed E-state index contributed by atoms with van der Waals surface area (Å²) < 4.78 is 12.8. The molecule has 4 atom stereocenters. The van der Waals surface area contributed by atoms with Crippen molar-refractivity contribution in [3.63, 3.8) is 0 Å². The molecule has 2 aromatic rings. The summed E-state index contributed by atoms with van der Waals surface area (Å²) >= 11 is 0. The molecule has 150 valence electrons. The van der Waals surface area contributed by atoms with Crippen LogP contribution >= 0.6 is 0 Å². The third kappa shape index (κ3) is 3.48. The van der Waals surface area contributed by atoms with E-state index >= 15 is 0 Å². The smallest absolute Gasteiger partial charge is 0.261 e. The van der Waals surface area contributed by atoms with Crippen LogP contribution in [-0.2, 0) is 9.16 Å². The Morgan fingerprint density at radius 1 is 0.964 bits per heavy atom. The molecule has 1 N–H and O–H groups in total. The highest BCUT2D eigenvalue weighted by molar-refractivity contribution is 6.99. The topological polar surface area (TPSA) is 38.7 Å². The standard InChI is InChI=1S/C24H32O3Si/c1-24(2,3)28(19-10-6-4-7-11-19,20-12-8-5-9-13-20)26-17-18-14-15-22-21(18)16-23(25)27-22/h4-13,18,21-23,25H,14-17H2,1-3H3/t18-,21-,22+,23?/m1/s1. The summed E-state index contributed by atoms with van der Waals surface area (Å²) in [5, 5.41) is 12.6. The molecule has 1 saturated heterocycles. The zero-order chi connectivity index (χ0) is 19.8. The van der Waals surface area contributed by atoms with Gasteiger partial charge in [-0.05, 0) is 40.1 Å². The van der Waals surface area contributed by atoms with Crippen LogP contribution in [-0.4, -0.2) is 32.4 Å². The predicted molar refractivity (Wildman–Crippen MR) is 115 cm³/mol. The first-order valence-electron chi connectivity index (χ1n) is 10.5. The van der Waals surface area contributed by atoms with Crippen LogP contribution in [0.1, 0.15) is 40.0 Å². The minimum atomic E-state index is -2.48. The highest BCUT2D eigenvalue weighted by Crippen LogP contribution is 2.44. The molecule has 3 nitrogen and oxygen atoms in total. The predicted octanol–water partition coefficient (Wildman–Crippen LogP) is 3.70. The molecule has 2 aromatic carbocycles. The SMILES string of the molecule is CC(C)(C)[Si](OC[C@H]1CC[C@@H]2OC(O)C[C@H]12)(c1ccccc1)c1ccccc1. The Bertz CT molecular complexity index is 732. The van der Waals surface area contributed by atoms with Crippen LogP contribution in [0.4, 0.5) is 0 Å². The summed E-state index contributed by atoms with van der Waals surface area (Å²) in [5.41, 5.74) is 0. The lowest BCUT2D eigenvalue weighted by Gasteiger charge is -2.43. The van der Waals surface area contributed by atoms with E-state index in [-0.39, 0.29) is 11.1 Å². The van der Waals surface area contributed by atoms with Crippen molar-refractivity contribution in [2.45, 2.75) is 57.5 Å². The van der Waals surface area contributed by atoms with Gasteiger partial charge in [-0.2, -0.15) is 0 Å². The Labute approximate surface area is 169 Å². The maximum absolute atomic E-state index is 9.91. The number of ether oxygens (including phenoxy) is 1. The van der Waals surface area contributed by atoms with Crippen molar-refractivity contribution >= 4 is 18.7 Å². The van der Waals surface area contributed by atoms with Crippen molar-refractivity contribution in [2.24, 2.45) is 11.8 Å². The van der Waals surface area contributed by atoms with Gasteiger partial charge in [0.05, 0.1) is 6.10 Å². The normalized spacial score (nSPS) is 27.7. The summed E-state index contributed by atoms with van der Waals surface area (Å²) in [6, 6.07) is 21.6. The Morgan fingerprint density at radius 2 is 1.54 bits per heavy atom. The minimum Gasteiger partial charge on any atom is -0.407 e. The first-order valence-corrected chi connectivity index (χ1v) is 12.4. The Kier molecular flexibility index (Phi) is 5.49. The van der Waals surface area contributed by atoms with Gasteiger partial charge in [-0.25, -0.2) is 0 Å². The van der Waals surface area contributed by atoms with Gasteiger partial charge in [0.15, 0.2) is 6.29 Å². The molecule has 0 aromatic heterocycles. The highest BCUT2D eigenvalue weighted by Gasteiger charge is 2.52. The van der Waals surface area contributed by atoms with Crippen LogP contribution in [0.3, 0.4) is 0 Å². The third-order valence-corrected chi connectivity index (χ3v) is 11.6. The molecular formula is C24H32O3Si. The van der Waals surface area contributed by atoms with E-state index in [1.807, 2.05) is 0 Å². The molecule has 2 aliphatic rings. The van der Waals surface area contributed by atoms with Crippen LogP contribution in [0.2, 0.25) is 5.04 Å². The lowest BCUT2D eigenvalue weighted by molar-refractivity contribution is -0.0906. The van der Waals surface area contributed by atoms with Crippen molar-refractivity contribution in [3.8, 4) is 0 Å². The number of fused-ring (bicyclic) bond motifs is 1. The lowest BCUT2D eigenvalue weighted by Crippen LogP contribution is -2.67. The second-order valence-electron chi connectivity index (χ2n) is 9.34. The largest absolute Gasteiger partial charge is 0.407 e. The Balaban J connectivity index is 1.69. The van der Waals surface area contributed by atoms with Crippen molar-refractivity contribution < 1.29 is 14.3 Å². The first kappa shape index (κ1) is 19.8. The molecule has 0 bridgehead atoms. The van der Waals surface area contributed by atoms with E-state index in [4.69, 9.17) is 9.16 Å². The summed E-state index contributed by atoms with van der Waals surface area (Å²) in [7, 11) is -2.48. The number of rotatable bonds is 5. The van der Waals surface area contributed by atoms with E-state index in [1.165, 1.54) is 10.4 Å². The summed E-state index contributed by atoms with van der Waals surface area (Å²) in [5.74, 6) is 0.886. The zero-order valence-corrected chi connectivity index (χ0v) is 18.2. The molecule has 0 amide bonds. The van der Waals surface area contributed by atoms with Gasteiger partial charge in [-0.15, -0.1) is 0 Å². The van der Waals surface area contributed by atoms with E-state index < -0.39 is 14.6 Å². The third-order valence-electron chi connectivity index (χ3n) is 6.64. The van der Waals surface area contributed by atoms with E-state index in [1.54, 1.807) is 0 Å². The van der Waals surface area contributed by atoms with Gasteiger partial charge in [-0.3, -0.25) is 0 Å².